The van der Waals surface area contributed by atoms with Gasteiger partial charge >= 0.3 is 11.9 Å². The highest BCUT2D eigenvalue weighted by molar-refractivity contribution is 5.92. The molecule has 0 saturated heterocycles. The molecular weight excluding hydrogens is 308 g/mol. The summed E-state index contributed by atoms with van der Waals surface area (Å²) in [5.41, 5.74) is 4.12. The molecule has 1 aromatic carbocycles. The molecule has 1 aliphatic rings. The van der Waals surface area contributed by atoms with E-state index in [1.165, 1.54) is 22.0 Å². The van der Waals surface area contributed by atoms with Gasteiger partial charge in [0.05, 0.1) is 0 Å². The van der Waals surface area contributed by atoms with Crippen molar-refractivity contribution in [2.24, 2.45) is 0 Å². The maximum absolute atomic E-state index is 9.55. The average molecular weight is 328 g/mol. The van der Waals surface area contributed by atoms with E-state index in [9.17, 15) is 9.59 Å². The molecule has 24 heavy (non-hydrogen) atoms. The molecule has 3 rings (SSSR count). The van der Waals surface area contributed by atoms with Gasteiger partial charge in [0.25, 0.3) is 0 Å². The lowest BCUT2D eigenvalue weighted by Gasteiger charge is -2.22. The second-order valence-corrected chi connectivity index (χ2v) is 5.50. The average Bonchev–Trinajstić information content (AvgIpc) is 3.03. The van der Waals surface area contributed by atoms with Crippen molar-refractivity contribution in [3.63, 3.8) is 0 Å². The molecule has 126 valence electrons. The fourth-order valence-corrected chi connectivity index (χ4v) is 2.52. The maximum Gasteiger partial charge on any atom is 0.328 e. The van der Waals surface area contributed by atoms with E-state index in [1.54, 1.807) is 0 Å². The second kappa shape index (κ2) is 8.12. The first-order chi connectivity index (χ1) is 11.5. The Morgan fingerprint density at radius 3 is 2.46 bits per heavy atom. The number of aromatic amines is 1. The van der Waals surface area contributed by atoms with Crippen LogP contribution in [0.4, 0.5) is 0 Å². The van der Waals surface area contributed by atoms with E-state index < -0.39 is 11.9 Å². The van der Waals surface area contributed by atoms with Crippen LogP contribution >= 0.6 is 0 Å². The van der Waals surface area contributed by atoms with Crippen LogP contribution in [0.15, 0.2) is 48.7 Å². The zero-order chi connectivity index (χ0) is 17.5. The zero-order valence-electron chi connectivity index (χ0n) is 13.4. The van der Waals surface area contributed by atoms with Crippen molar-refractivity contribution in [2.45, 2.75) is 6.42 Å². The summed E-state index contributed by atoms with van der Waals surface area (Å²) in [4.78, 5) is 24.7. The number of hydrogen-bond donors (Lipinski definition) is 3. The molecule has 0 aliphatic carbocycles. The van der Waals surface area contributed by atoms with E-state index >= 15 is 0 Å². The zero-order valence-corrected chi connectivity index (χ0v) is 13.4. The van der Waals surface area contributed by atoms with Crippen LogP contribution in [0.1, 0.15) is 12.0 Å². The van der Waals surface area contributed by atoms with Gasteiger partial charge in [0.2, 0.25) is 0 Å². The monoisotopic (exact) mass is 328 g/mol. The summed E-state index contributed by atoms with van der Waals surface area (Å²) in [5.74, 6) is -2.51. The summed E-state index contributed by atoms with van der Waals surface area (Å²) in [6.45, 7) is 2.22. The van der Waals surface area contributed by atoms with Crippen molar-refractivity contribution in [3.05, 3.63) is 54.3 Å². The molecule has 6 heteroatoms. The number of hydrogen-bond acceptors (Lipinski definition) is 3. The van der Waals surface area contributed by atoms with Crippen molar-refractivity contribution in [3.8, 4) is 0 Å². The molecule has 2 heterocycles. The lowest BCUT2D eigenvalue weighted by atomic mass is 9.97. The third kappa shape index (κ3) is 4.82. The Balaban J connectivity index is 0.000000224. The van der Waals surface area contributed by atoms with Crippen molar-refractivity contribution in [1.82, 2.24) is 9.88 Å². The number of likely N-dealkylation sites (N-methyl/N-ethyl adjacent to an activating group) is 1. The maximum atomic E-state index is 9.55. The fraction of sp³-hybridized carbons (Fsp3) is 0.222. The Morgan fingerprint density at radius 1 is 1.17 bits per heavy atom. The summed E-state index contributed by atoms with van der Waals surface area (Å²) < 4.78 is 0. The number of nitrogens with zero attached hydrogens (tertiary/aromatic N) is 1. The number of carboxylic acid groups (broad SMARTS) is 2. The Morgan fingerprint density at radius 2 is 1.88 bits per heavy atom. The normalized spacial score (nSPS) is 15.0. The van der Waals surface area contributed by atoms with Gasteiger partial charge in [-0.05, 0) is 36.7 Å². The third-order valence-corrected chi connectivity index (χ3v) is 3.72. The molecule has 0 bridgehead atoms. The Hall–Kier alpha value is -2.86. The van der Waals surface area contributed by atoms with Gasteiger partial charge in [-0.1, -0.05) is 18.2 Å². The van der Waals surface area contributed by atoms with Crippen molar-refractivity contribution >= 4 is 28.4 Å². The van der Waals surface area contributed by atoms with Crippen LogP contribution < -0.4 is 0 Å². The van der Waals surface area contributed by atoms with Gasteiger partial charge in [-0.25, -0.2) is 9.59 Å². The minimum atomic E-state index is -1.26. The first-order valence-corrected chi connectivity index (χ1v) is 7.55. The summed E-state index contributed by atoms with van der Waals surface area (Å²) in [5, 5.41) is 17.0. The van der Waals surface area contributed by atoms with E-state index in [4.69, 9.17) is 10.2 Å². The van der Waals surface area contributed by atoms with Crippen LogP contribution in [0, 0.1) is 0 Å². The number of benzene rings is 1. The lowest BCUT2D eigenvalue weighted by molar-refractivity contribution is -0.134. The third-order valence-electron chi connectivity index (χ3n) is 3.72. The van der Waals surface area contributed by atoms with Crippen LogP contribution in [0.5, 0.6) is 0 Å². The molecule has 0 amide bonds. The van der Waals surface area contributed by atoms with Gasteiger partial charge in [0, 0.05) is 42.3 Å². The molecule has 1 aliphatic heterocycles. The molecule has 0 radical (unpaired) electrons. The van der Waals surface area contributed by atoms with Gasteiger partial charge in [0.1, 0.15) is 0 Å². The van der Waals surface area contributed by atoms with Gasteiger partial charge in [-0.15, -0.1) is 0 Å². The molecule has 6 nitrogen and oxygen atoms in total. The van der Waals surface area contributed by atoms with E-state index in [0.29, 0.717) is 12.2 Å². The first kappa shape index (κ1) is 17.5. The molecule has 1 aromatic heterocycles. The van der Waals surface area contributed by atoms with Crippen LogP contribution in [0.3, 0.4) is 0 Å². The molecule has 2 aromatic rings. The summed E-state index contributed by atoms with van der Waals surface area (Å²) in [6, 6.07) is 8.67. The van der Waals surface area contributed by atoms with Gasteiger partial charge in [-0.2, -0.15) is 0 Å². The highest BCUT2D eigenvalue weighted by Gasteiger charge is 2.11. The minimum Gasteiger partial charge on any atom is -0.478 e. The topological polar surface area (TPSA) is 93.6 Å². The first-order valence-electron chi connectivity index (χ1n) is 7.55. The lowest BCUT2D eigenvalue weighted by Crippen LogP contribution is -2.23. The van der Waals surface area contributed by atoms with Crippen LogP contribution in [-0.4, -0.2) is 52.2 Å². The molecule has 0 atom stereocenters. The number of carboxylic acids is 2. The fourth-order valence-electron chi connectivity index (χ4n) is 2.52. The van der Waals surface area contributed by atoms with Crippen molar-refractivity contribution in [2.75, 3.05) is 20.1 Å². The SMILES string of the molecule is CN1CC=C(c2cccc3[nH]ccc23)CC1.O=C(O)/C=C/C(=O)O. The molecular formula is C18H20N2O4. The number of nitrogens with one attached hydrogen (secondary N) is 1. The van der Waals surface area contributed by atoms with E-state index in [2.05, 4.69) is 47.3 Å². The number of aliphatic carboxylic acids is 2. The van der Waals surface area contributed by atoms with Crippen molar-refractivity contribution in [1.29, 1.82) is 0 Å². The second-order valence-electron chi connectivity index (χ2n) is 5.50. The highest BCUT2D eigenvalue weighted by atomic mass is 16.4. The number of H-pyrrole nitrogens is 1. The number of fused-ring (bicyclic) bond motifs is 1. The van der Waals surface area contributed by atoms with Crippen molar-refractivity contribution < 1.29 is 19.8 Å². The smallest absolute Gasteiger partial charge is 0.328 e. The van der Waals surface area contributed by atoms with E-state index in [0.717, 1.165) is 19.5 Å². The van der Waals surface area contributed by atoms with Gasteiger partial charge < -0.3 is 20.1 Å². The standard InChI is InChI=1S/C14H16N2.C4H4O4/c1-16-9-6-11(7-10-16)12-3-2-4-14-13(12)5-8-15-14;5-3(6)1-2-4(7)8/h2-6,8,15H,7,9-10H2,1H3;1-2H,(H,5,6)(H,7,8)/b;2-1+. The van der Waals surface area contributed by atoms with Crippen LogP contribution in [-0.2, 0) is 9.59 Å². The summed E-state index contributed by atoms with van der Waals surface area (Å²) in [7, 11) is 2.17. The van der Waals surface area contributed by atoms with E-state index in [-0.39, 0.29) is 0 Å². The highest BCUT2D eigenvalue weighted by Crippen LogP contribution is 2.28. The van der Waals surface area contributed by atoms with Crippen LogP contribution in [0.2, 0.25) is 0 Å². The minimum absolute atomic E-state index is 0.558. The Kier molecular flexibility index (Phi) is 5.92. The van der Waals surface area contributed by atoms with Crippen LogP contribution in [0.25, 0.3) is 16.5 Å². The number of rotatable bonds is 3. The predicted molar refractivity (Wildman–Crippen MR) is 92.8 cm³/mol. The Bertz CT molecular complexity index is 773. The summed E-state index contributed by atoms with van der Waals surface area (Å²) in [6.07, 6.45) is 6.64. The largest absolute Gasteiger partial charge is 0.478 e. The number of aromatic nitrogens is 1. The molecule has 0 spiro atoms. The predicted octanol–water partition coefficient (Wildman–Crippen LogP) is 2.60. The van der Waals surface area contributed by atoms with E-state index in [1.807, 2.05) is 6.20 Å². The van der Waals surface area contributed by atoms with Gasteiger partial charge in [-0.3, -0.25) is 0 Å². The Labute approximate surface area is 139 Å². The number of carbonyl (C=O) groups is 2. The summed E-state index contributed by atoms with van der Waals surface area (Å²) >= 11 is 0. The molecule has 0 unspecified atom stereocenters. The van der Waals surface area contributed by atoms with Gasteiger partial charge in [0.15, 0.2) is 0 Å². The molecule has 0 fully saturated rings. The molecule has 3 N–H and O–H groups in total. The quantitative estimate of drug-likeness (QED) is 0.753. The molecule has 0 saturated carbocycles.